The third-order valence-electron chi connectivity index (χ3n) is 4.57. The molecular formula is C22H22N2O6. The van der Waals surface area contributed by atoms with E-state index in [0.29, 0.717) is 23.0 Å². The minimum Gasteiger partial charge on any atom is -0.494 e. The Bertz CT molecular complexity index is 948. The van der Waals surface area contributed by atoms with Crippen LogP contribution in [0.2, 0.25) is 0 Å². The van der Waals surface area contributed by atoms with Gasteiger partial charge in [0.1, 0.15) is 11.8 Å². The maximum Gasteiger partial charge on any atom is 0.355 e. The Kier molecular flexibility index (Phi) is 6.15. The van der Waals surface area contributed by atoms with E-state index in [9.17, 15) is 19.2 Å². The van der Waals surface area contributed by atoms with Gasteiger partial charge in [-0.15, -0.1) is 0 Å². The fourth-order valence-corrected chi connectivity index (χ4v) is 2.99. The van der Waals surface area contributed by atoms with Crippen LogP contribution in [-0.4, -0.2) is 41.4 Å². The van der Waals surface area contributed by atoms with Gasteiger partial charge >= 0.3 is 5.97 Å². The molecule has 1 atom stereocenters. The summed E-state index contributed by atoms with van der Waals surface area (Å²) in [5, 5.41) is 3.04. The highest BCUT2D eigenvalue weighted by Crippen LogP contribution is 2.23. The van der Waals surface area contributed by atoms with Gasteiger partial charge in [0.15, 0.2) is 0 Å². The van der Waals surface area contributed by atoms with Crippen LogP contribution in [0.5, 0.6) is 5.75 Å². The molecule has 156 valence electrons. The predicted molar refractivity (Wildman–Crippen MR) is 107 cm³/mol. The Morgan fingerprint density at radius 2 is 1.53 bits per heavy atom. The summed E-state index contributed by atoms with van der Waals surface area (Å²) in [5.41, 5.74) is 0.655. The molecule has 30 heavy (non-hydrogen) atoms. The van der Waals surface area contributed by atoms with E-state index in [4.69, 9.17) is 9.57 Å². The number of carbonyl (C=O) groups is 4. The van der Waals surface area contributed by atoms with Crippen LogP contribution in [0.3, 0.4) is 0 Å². The van der Waals surface area contributed by atoms with Crippen molar-refractivity contribution in [3.63, 3.8) is 0 Å². The molecule has 1 aliphatic rings. The lowest BCUT2D eigenvalue weighted by Crippen LogP contribution is -2.48. The third kappa shape index (κ3) is 4.17. The first-order valence-electron chi connectivity index (χ1n) is 9.56. The number of hydrogen-bond acceptors (Lipinski definition) is 6. The van der Waals surface area contributed by atoms with Crippen LogP contribution in [0, 0.1) is 5.92 Å². The van der Waals surface area contributed by atoms with Crippen LogP contribution < -0.4 is 10.1 Å². The number of fused-ring (bicyclic) bond motifs is 1. The van der Waals surface area contributed by atoms with Gasteiger partial charge in [0, 0.05) is 5.56 Å². The van der Waals surface area contributed by atoms with Crippen molar-refractivity contribution in [1.82, 2.24) is 10.4 Å². The molecule has 0 fully saturated rings. The van der Waals surface area contributed by atoms with Crippen molar-refractivity contribution in [2.24, 2.45) is 5.92 Å². The number of hydroxylamine groups is 2. The van der Waals surface area contributed by atoms with Gasteiger partial charge in [-0.1, -0.05) is 31.0 Å². The predicted octanol–water partition coefficient (Wildman–Crippen LogP) is 2.59. The van der Waals surface area contributed by atoms with Gasteiger partial charge in [0.05, 0.1) is 17.7 Å². The summed E-state index contributed by atoms with van der Waals surface area (Å²) in [4.78, 5) is 55.1. The highest BCUT2D eigenvalue weighted by Gasteiger charge is 2.40. The number of carbonyl (C=O) groups excluding carboxylic acids is 4. The lowest BCUT2D eigenvalue weighted by atomic mass is 10.0. The topological polar surface area (TPSA) is 102 Å². The molecule has 3 amide bonds. The van der Waals surface area contributed by atoms with Crippen LogP contribution in [0.1, 0.15) is 51.8 Å². The van der Waals surface area contributed by atoms with E-state index >= 15 is 0 Å². The van der Waals surface area contributed by atoms with E-state index in [1.54, 1.807) is 50.2 Å². The minimum atomic E-state index is -1.06. The minimum absolute atomic E-state index is 0.162. The first-order valence-corrected chi connectivity index (χ1v) is 9.56. The largest absolute Gasteiger partial charge is 0.494 e. The molecule has 8 heteroatoms. The summed E-state index contributed by atoms with van der Waals surface area (Å²) < 4.78 is 5.34. The van der Waals surface area contributed by atoms with Crippen LogP contribution in [0.4, 0.5) is 0 Å². The fourth-order valence-electron chi connectivity index (χ4n) is 2.99. The summed E-state index contributed by atoms with van der Waals surface area (Å²) in [5.74, 6) is -2.55. The highest BCUT2D eigenvalue weighted by molar-refractivity contribution is 6.21. The monoisotopic (exact) mass is 410 g/mol. The van der Waals surface area contributed by atoms with Crippen molar-refractivity contribution in [1.29, 1.82) is 0 Å². The average molecular weight is 410 g/mol. The second kappa shape index (κ2) is 8.77. The number of rotatable bonds is 7. The van der Waals surface area contributed by atoms with Gasteiger partial charge in [-0.2, -0.15) is 0 Å². The zero-order valence-electron chi connectivity index (χ0n) is 16.9. The second-order valence-electron chi connectivity index (χ2n) is 7.01. The number of amides is 3. The van der Waals surface area contributed by atoms with Crippen molar-refractivity contribution >= 4 is 23.7 Å². The average Bonchev–Trinajstić information content (AvgIpc) is 2.97. The van der Waals surface area contributed by atoms with E-state index in [1.165, 1.54) is 12.1 Å². The number of nitrogens with zero attached hydrogens (tertiary/aromatic N) is 1. The molecule has 8 nitrogen and oxygen atoms in total. The molecule has 0 aromatic heterocycles. The summed E-state index contributed by atoms with van der Waals surface area (Å²) in [6.45, 7) is 5.79. The van der Waals surface area contributed by atoms with Crippen LogP contribution in [-0.2, 0) is 9.63 Å². The molecular weight excluding hydrogens is 388 g/mol. The smallest absolute Gasteiger partial charge is 0.355 e. The Labute approximate surface area is 173 Å². The quantitative estimate of drug-likeness (QED) is 0.704. The molecule has 0 saturated heterocycles. The lowest BCUT2D eigenvalue weighted by Gasteiger charge is -2.22. The molecule has 1 aliphatic heterocycles. The first kappa shape index (κ1) is 21.0. The van der Waals surface area contributed by atoms with Crippen LogP contribution >= 0.6 is 0 Å². The Morgan fingerprint density at radius 1 is 0.967 bits per heavy atom. The Hall–Kier alpha value is -3.68. The normalized spacial score (nSPS) is 13.8. The number of benzene rings is 2. The molecule has 1 unspecified atom stereocenters. The molecule has 0 bridgehead atoms. The standard InChI is InChI=1S/C22H22N2O6/c1-4-29-15-11-9-14(10-12-15)19(25)23-18(13(2)3)22(28)30-24-20(26)16-7-5-6-8-17(16)21(24)27/h5-13,18H,4H2,1-3H3,(H,23,25). The summed E-state index contributed by atoms with van der Waals surface area (Å²) in [6.07, 6.45) is 0. The molecule has 1 heterocycles. The van der Waals surface area contributed by atoms with E-state index < -0.39 is 29.7 Å². The lowest BCUT2D eigenvalue weighted by molar-refractivity contribution is -0.172. The van der Waals surface area contributed by atoms with Crippen LogP contribution in [0.15, 0.2) is 48.5 Å². The number of imide groups is 1. The van der Waals surface area contributed by atoms with Gasteiger partial charge < -0.3 is 14.9 Å². The Balaban J connectivity index is 1.70. The number of ether oxygens (including phenoxy) is 1. The highest BCUT2D eigenvalue weighted by atomic mass is 16.7. The van der Waals surface area contributed by atoms with Crippen molar-refractivity contribution in [2.45, 2.75) is 26.8 Å². The van der Waals surface area contributed by atoms with Crippen LogP contribution in [0.25, 0.3) is 0 Å². The summed E-state index contributed by atoms with van der Waals surface area (Å²) in [7, 11) is 0. The van der Waals surface area contributed by atoms with Gasteiger partial charge in [-0.25, -0.2) is 4.79 Å². The zero-order valence-corrected chi connectivity index (χ0v) is 16.9. The molecule has 3 rings (SSSR count). The van der Waals surface area contributed by atoms with Crippen molar-refractivity contribution < 1.29 is 28.8 Å². The summed E-state index contributed by atoms with van der Waals surface area (Å²) in [6, 6.07) is 11.6. The van der Waals surface area contributed by atoms with Gasteiger partial charge in [0.2, 0.25) is 0 Å². The molecule has 1 N–H and O–H groups in total. The third-order valence-corrected chi connectivity index (χ3v) is 4.57. The molecule has 0 saturated carbocycles. The molecule has 0 spiro atoms. The van der Waals surface area contributed by atoms with E-state index in [-0.39, 0.29) is 17.0 Å². The SMILES string of the molecule is CCOc1ccc(C(=O)NC(C(=O)ON2C(=O)c3ccccc3C2=O)C(C)C)cc1. The molecule has 2 aromatic carbocycles. The van der Waals surface area contributed by atoms with Crippen molar-refractivity contribution in [2.75, 3.05) is 6.61 Å². The second-order valence-corrected chi connectivity index (χ2v) is 7.01. The number of hydrogen-bond donors (Lipinski definition) is 1. The van der Waals surface area contributed by atoms with Crippen molar-refractivity contribution in [3.05, 3.63) is 65.2 Å². The van der Waals surface area contributed by atoms with E-state index in [0.717, 1.165) is 0 Å². The number of nitrogens with one attached hydrogen (secondary N) is 1. The Morgan fingerprint density at radius 3 is 2.03 bits per heavy atom. The first-order chi connectivity index (χ1) is 14.3. The zero-order chi connectivity index (χ0) is 21.8. The maximum absolute atomic E-state index is 12.7. The van der Waals surface area contributed by atoms with E-state index in [1.807, 2.05) is 6.92 Å². The van der Waals surface area contributed by atoms with Gasteiger partial charge in [-0.05, 0) is 49.2 Å². The van der Waals surface area contributed by atoms with E-state index in [2.05, 4.69) is 5.32 Å². The summed E-state index contributed by atoms with van der Waals surface area (Å²) >= 11 is 0. The molecule has 0 aliphatic carbocycles. The van der Waals surface area contributed by atoms with Crippen molar-refractivity contribution in [3.8, 4) is 5.75 Å². The molecule has 0 radical (unpaired) electrons. The maximum atomic E-state index is 12.7. The fraction of sp³-hybridized carbons (Fsp3) is 0.273. The van der Waals surface area contributed by atoms with Gasteiger partial charge in [0.25, 0.3) is 17.7 Å². The van der Waals surface area contributed by atoms with Gasteiger partial charge in [-0.3, -0.25) is 14.4 Å². The molecule has 2 aromatic rings.